The fraction of sp³-hybridized carbons (Fsp3) is 1.00. The summed E-state index contributed by atoms with van der Waals surface area (Å²) >= 11 is 0. The summed E-state index contributed by atoms with van der Waals surface area (Å²) in [5.41, 5.74) is 0. The maximum absolute atomic E-state index is 5.84. The highest BCUT2D eigenvalue weighted by Crippen LogP contribution is 2.23. The quantitative estimate of drug-likeness (QED) is 0.563. The smallest absolute Gasteiger partial charge is 0.109 e. The second-order valence-electron chi connectivity index (χ2n) is 5.13. The predicted octanol–water partition coefficient (Wildman–Crippen LogP) is 1.39. The van der Waals surface area contributed by atoms with Crippen molar-refractivity contribution in [2.45, 2.75) is 44.0 Å². The molecule has 2 unspecified atom stereocenters. The van der Waals surface area contributed by atoms with E-state index in [1.54, 1.807) is 7.11 Å². The topological polar surface area (TPSA) is 46.2 Å². The lowest BCUT2D eigenvalue weighted by Crippen LogP contribution is -2.50. The van der Waals surface area contributed by atoms with Gasteiger partial charge >= 0.3 is 0 Å². The summed E-state index contributed by atoms with van der Waals surface area (Å²) in [6.45, 7) is 3.81. The molecule has 2 atom stereocenters. The molecule has 0 bridgehead atoms. The lowest BCUT2D eigenvalue weighted by molar-refractivity contribution is -0.213. The molecule has 2 rings (SSSR count). The molecular weight excluding hydrogens is 248 g/mol. The third kappa shape index (κ3) is 5.36. The van der Waals surface area contributed by atoms with E-state index in [-0.39, 0.29) is 12.2 Å². The van der Waals surface area contributed by atoms with Crippen LogP contribution >= 0.6 is 0 Å². The molecule has 1 saturated carbocycles. The average molecular weight is 274 g/mol. The van der Waals surface area contributed by atoms with Crippen molar-refractivity contribution in [3.63, 3.8) is 0 Å². The van der Waals surface area contributed by atoms with Crippen LogP contribution in [0.2, 0.25) is 0 Å². The van der Waals surface area contributed by atoms with E-state index in [4.69, 9.17) is 23.7 Å². The second-order valence-corrected chi connectivity index (χ2v) is 5.13. The van der Waals surface area contributed by atoms with Gasteiger partial charge < -0.3 is 23.7 Å². The highest BCUT2D eigenvalue weighted by molar-refractivity contribution is 4.80. The van der Waals surface area contributed by atoms with Crippen molar-refractivity contribution in [1.29, 1.82) is 0 Å². The molecule has 5 nitrogen and oxygen atoms in total. The second kappa shape index (κ2) is 8.87. The van der Waals surface area contributed by atoms with Crippen LogP contribution in [0.15, 0.2) is 0 Å². The summed E-state index contributed by atoms with van der Waals surface area (Å²) in [5.74, 6) is 0. The Hall–Kier alpha value is -0.200. The lowest BCUT2D eigenvalue weighted by Gasteiger charge is -2.36. The number of hydrogen-bond acceptors (Lipinski definition) is 5. The van der Waals surface area contributed by atoms with E-state index in [9.17, 15) is 0 Å². The van der Waals surface area contributed by atoms with Gasteiger partial charge in [-0.25, -0.2) is 0 Å². The summed E-state index contributed by atoms with van der Waals surface area (Å²) in [5, 5.41) is 0. The third-order valence-electron chi connectivity index (χ3n) is 3.68. The largest absolute Gasteiger partial charge is 0.382 e. The molecule has 2 fully saturated rings. The van der Waals surface area contributed by atoms with E-state index >= 15 is 0 Å². The van der Waals surface area contributed by atoms with Crippen molar-refractivity contribution < 1.29 is 23.7 Å². The number of rotatable bonds is 10. The first kappa shape index (κ1) is 15.2. The van der Waals surface area contributed by atoms with Gasteiger partial charge in [0.2, 0.25) is 0 Å². The molecule has 19 heavy (non-hydrogen) atoms. The molecule has 1 saturated heterocycles. The van der Waals surface area contributed by atoms with Crippen molar-refractivity contribution >= 4 is 0 Å². The molecule has 0 amide bonds. The van der Waals surface area contributed by atoms with E-state index in [1.807, 2.05) is 0 Å². The van der Waals surface area contributed by atoms with Crippen molar-refractivity contribution in [2.24, 2.45) is 0 Å². The lowest BCUT2D eigenvalue weighted by atomic mass is 10.1. The monoisotopic (exact) mass is 274 g/mol. The van der Waals surface area contributed by atoms with Gasteiger partial charge in [0.15, 0.2) is 0 Å². The van der Waals surface area contributed by atoms with Crippen LogP contribution in [0.1, 0.15) is 25.7 Å². The zero-order valence-corrected chi connectivity index (χ0v) is 11.8. The summed E-state index contributed by atoms with van der Waals surface area (Å²) in [7, 11) is 1.67. The van der Waals surface area contributed by atoms with Crippen LogP contribution in [0, 0.1) is 0 Å². The summed E-state index contributed by atoms with van der Waals surface area (Å²) in [4.78, 5) is 0. The number of hydrogen-bond donors (Lipinski definition) is 0. The van der Waals surface area contributed by atoms with Gasteiger partial charge in [-0.2, -0.15) is 0 Å². The molecule has 112 valence electrons. The van der Waals surface area contributed by atoms with Gasteiger partial charge in [-0.15, -0.1) is 0 Å². The molecule has 2 aliphatic rings. The van der Waals surface area contributed by atoms with Gasteiger partial charge in [-0.1, -0.05) is 12.8 Å². The Bertz CT molecular complexity index is 230. The minimum atomic E-state index is 0.111. The molecule has 0 aromatic carbocycles. The molecule has 1 aliphatic carbocycles. The maximum atomic E-state index is 5.84. The minimum absolute atomic E-state index is 0.111. The molecule has 0 N–H and O–H groups in total. The zero-order chi connectivity index (χ0) is 13.3. The van der Waals surface area contributed by atoms with Crippen LogP contribution < -0.4 is 0 Å². The Balaban J connectivity index is 1.45. The van der Waals surface area contributed by atoms with E-state index < -0.39 is 0 Å². The van der Waals surface area contributed by atoms with E-state index in [0.29, 0.717) is 45.7 Å². The summed E-state index contributed by atoms with van der Waals surface area (Å²) < 4.78 is 27.3. The van der Waals surface area contributed by atoms with Gasteiger partial charge in [0.1, 0.15) is 12.2 Å². The molecule has 1 aliphatic heterocycles. The summed E-state index contributed by atoms with van der Waals surface area (Å²) in [6, 6.07) is 0. The molecule has 5 heteroatoms. The summed E-state index contributed by atoms with van der Waals surface area (Å²) in [6.07, 6.45) is 5.73. The Kier molecular flexibility index (Phi) is 7.09. The maximum Gasteiger partial charge on any atom is 0.109 e. The first-order chi connectivity index (χ1) is 9.40. The molecular formula is C14H26O5. The highest BCUT2D eigenvalue weighted by atomic mass is 16.6. The Morgan fingerprint density at radius 2 is 1.79 bits per heavy atom. The fourth-order valence-corrected chi connectivity index (χ4v) is 2.41. The Morgan fingerprint density at radius 1 is 1.00 bits per heavy atom. The van der Waals surface area contributed by atoms with Crippen LogP contribution in [0.5, 0.6) is 0 Å². The normalized spacial score (nSPS) is 27.6. The van der Waals surface area contributed by atoms with E-state index in [0.717, 1.165) is 0 Å². The fourth-order valence-electron chi connectivity index (χ4n) is 2.41. The zero-order valence-electron chi connectivity index (χ0n) is 11.8. The first-order valence-corrected chi connectivity index (χ1v) is 7.31. The van der Waals surface area contributed by atoms with Gasteiger partial charge in [0.25, 0.3) is 0 Å². The predicted molar refractivity (Wildman–Crippen MR) is 70.4 cm³/mol. The van der Waals surface area contributed by atoms with Crippen LogP contribution in [0.3, 0.4) is 0 Å². The van der Waals surface area contributed by atoms with Gasteiger partial charge in [-0.3, -0.25) is 0 Å². The Morgan fingerprint density at radius 3 is 2.47 bits per heavy atom. The standard InChI is InChI=1S/C14H26O5/c1-15-6-7-16-8-9-17-13-11-19-14(13)10-18-12-4-2-3-5-12/h12-14H,2-11H2,1H3. The molecule has 1 heterocycles. The molecule has 0 radical (unpaired) electrons. The molecule has 0 spiro atoms. The first-order valence-electron chi connectivity index (χ1n) is 7.31. The molecule has 0 aromatic heterocycles. The number of ether oxygens (including phenoxy) is 5. The van der Waals surface area contributed by atoms with Crippen molar-refractivity contribution in [1.82, 2.24) is 0 Å². The van der Waals surface area contributed by atoms with Gasteiger partial charge in [0.05, 0.1) is 45.7 Å². The number of methoxy groups -OCH3 is 1. The average Bonchev–Trinajstić information content (AvgIpc) is 2.90. The van der Waals surface area contributed by atoms with Crippen LogP contribution in [0.4, 0.5) is 0 Å². The van der Waals surface area contributed by atoms with Crippen molar-refractivity contribution in [3.05, 3.63) is 0 Å². The SMILES string of the molecule is COCCOCCOC1COC1COC1CCCC1. The Labute approximate surface area is 115 Å². The molecule has 0 aromatic rings. The van der Waals surface area contributed by atoms with Gasteiger partial charge in [-0.05, 0) is 12.8 Å². The van der Waals surface area contributed by atoms with Crippen LogP contribution in [0.25, 0.3) is 0 Å². The van der Waals surface area contributed by atoms with Crippen molar-refractivity contribution in [3.8, 4) is 0 Å². The van der Waals surface area contributed by atoms with E-state index in [1.165, 1.54) is 25.7 Å². The van der Waals surface area contributed by atoms with E-state index in [2.05, 4.69) is 0 Å². The van der Waals surface area contributed by atoms with Crippen molar-refractivity contribution in [2.75, 3.05) is 46.8 Å². The third-order valence-corrected chi connectivity index (χ3v) is 3.68. The van der Waals surface area contributed by atoms with Crippen LogP contribution in [-0.4, -0.2) is 65.1 Å². The highest BCUT2D eigenvalue weighted by Gasteiger charge is 2.34. The minimum Gasteiger partial charge on any atom is -0.382 e. The van der Waals surface area contributed by atoms with Crippen LogP contribution in [-0.2, 0) is 23.7 Å². The van der Waals surface area contributed by atoms with Gasteiger partial charge in [0, 0.05) is 7.11 Å².